The second-order valence-electron chi connectivity index (χ2n) is 2.94. The van der Waals surface area contributed by atoms with E-state index >= 15 is 0 Å². The van der Waals surface area contributed by atoms with Crippen molar-refractivity contribution in [1.29, 1.82) is 0 Å². The van der Waals surface area contributed by atoms with E-state index in [1.807, 2.05) is 0 Å². The fraction of sp³-hybridized carbons (Fsp3) is 0.833. The summed E-state index contributed by atoms with van der Waals surface area (Å²) in [5.41, 5.74) is 9.60. The van der Waals surface area contributed by atoms with Crippen LogP contribution in [0, 0.1) is 0 Å². The number of nitrogens with two attached hydrogens (primary N) is 2. The molecule has 0 aromatic rings. The molecule has 4 atom stereocenters. The van der Waals surface area contributed by atoms with Gasteiger partial charge >= 0.3 is 0 Å². The van der Waals surface area contributed by atoms with Crippen molar-refractivity contribution >= 4 is 6.29 Å². The fourth-order valence-corrected chi connectivity index (χ4v) is 0.743. The molecule has 0 heterocycles. The zero-order valence-electron chi connectivity index (χ0n) is 7.19. The van der Waals surface area contributed by atoms with Crippen molar-refractivity contribution in [2.75, 3.05) is 0 Å². The SMILES string of the molecule is NC(N)(O)[C@@H](O)[C@H](O)[C@H](O)[C@@H](O)C=O. The highest BCUT2D eigenvalue weighted by atomic mass is 16.4. The molecular formula is C6H14N2O6. The van der Waals surface area contributed by atoms with Gasteiger partial charge in [-0.25, -0.2) is 0 Å². The molecule has 0 saturated carbocycles. The summed E-state index contributed by atoms with van der Waals surface area (Å²) in [6, 6.07) is 0. The van der Waals surface area contributed by atoms with Crippen molar-refractivity contribution in [3.05, 3.63) is 0 Å². The van der Waals surface area contributed by atoms with Crippen molar-refractivity contribution in [2.24, 2.45) is 11.5 Å². The summed E-state index contributed by atoms with van der Waals surface area (Å²) in [6.45, 7) is 0. The van der Waals surface area contributed by atoms with Gasteiger partial charge in [-0.1, -0.05) is 0 Å². The third kappa shape index (κ3) is 3.27. The molecule has 0 spiro atoms. The topological polar surface area (TPSA) is 170 Å². The predicted octanol–water partition coefficient (Wildman–Crippen LogP) is -4.81. The van der Waals surface area contributed by atoms with Gasteiger partial charge in [0.1, 0.15) is 24.4 Å². The normalized spacial score (nSPS) is 21.1. The van der Waals surface area contributed by atoms with E-state index in [9.17, 15) is 4.79 Å². The molecular weight excluding hydrogens is 196 g/mol. The second kappa shape index (κ2) is 4.75. The summed E-state index contributed by atoms with van der Waals surface area (Å²) < 4.78 is 0. The first kappa shape index (κ1) is 13.4. The first-order valence-electron chi connectivity index (χ1n) is 3.69. The van der Waals surface area contributed by atoms with Crippen molar-refractivity contribution in [3.8, 4) is 0 Å². The lowest BCUT2D eigenvalue weighted by molar-refractivity contribution is -0.167. The molecule has 0 bridgehead atoms. The second-order valence-corrected chi connectivity index (χ2v) is 2.94. The summed E-state index contributed by atoms with van der Waals surface area (Å²) >= 11 is 0. The Hall–Kier alpha value is -0.610. The Morgan fingerprint density at radius 3 is 1.79 bits per heavy atom. The van der Waals surface area contributed by atoms with Gasteiger partial charge in [-0.15, -0.1) is 0 Å². The predicted molar refractivity (Wildman–Crippen MR) is 43.4 cm³/mol. The van der Waals surface area contributed by atoms with Crippen LogP contribution in [-0.4, -0.2) is 62.1 Å². The maximum atomic E-state index is 10.00. The molecule has 0 unspecified atom stereocenters. The highest BCUT2D eigenvalue weighted by molar-refractivity contribution is 5.56. The van der Waals surface area contributed by atoms with Crippen LogP contribution in [0.15, 0.2) is 0 Å². The molecule has 0 aromatic carbocycles. The van der Waals surface area contributed by atoms with Crippen LogP contribution in [0.1, 0.15) is 0 Å². The number of aliphatic hydroxyl groups is 5. The molecule has 9 N–H and O–H groups in total. The van der Waals surface area contributed by atoms with Gasteiger partial charge in [0.2, 0.25) is 0 Å². The van der Waals surface area contributed by atoms with Gasteiger partial charge in [-0.2, -0.15) is 0 Å². The van der Waals surface area contributed by atoms with Crippen LogP contribution < -0.4 is 11.5 Å². The van der Waals surface area contributed by atoms with E-state index in [4.69, 9.17) is 37.0 Å². The molecule has 0 aliphatic carbocycles. The molecule has 0 amide bonds. The van der Waals surface area contributed by atoms with Crippen molar-refractivity contribution in [1.82, 2.24) is 0 Å². The fourth-order valence-electron chi connectivity index (χ4n) is 0.743. The highest BCUT2D eigenvalue weighted by Gasteiger charge is 2.39. The summed E-state index contributed by atoms with van der Waals surface area (Å²) in [5.74, 6) is -2.64. The van der Waals surface area contributed by atoms with Crippen LogP contribution in [0.2, 0.25) is 0 Å². The Labute approximate surface area is 79.4 Å². The molecule has 8 heteroatoms. The van der Waals surface area contributed by atoms with E-state index < -0.39 is 30.3 Å². The Balaban J connectivity index is 4.46. The van der Waals surface area contributed by atoms with E-state index in [0.29, 0.717) is 0 Å². The first-order chi connectivity index (χ1) is 6.21. The summed E-state index contributed by atoms with van der Waals surface area (Å²) in [6.07, 6.45) is -8.09. The van der Waals surface area contributed by atoms with Gasteiger partial charge in [0.15, 0.2) is 12.1 Å². The molecule has 84 valence electrons. The van der Waals surface area contributed by atoms with Crippen LogP contribution in [0.5, 0.6) is 0 Å². The zero-order valence-corrected chi connectivity index (χ0v) is 7.19. The zero-order chi connectivity index (χ0) is 11.5. The third-order valence-electron chi connectivity index (χ3n) is 1.64. The maximum absolute atomic E-state index is 10.00. The molecule has 0 fully saturated rings. The van der Waals surface area contributed by atoms with Crippen molar-refractivity contribution < 1.29 is 30.3 Å². The number of hydrogen-bond donors (Lipinski definition) is 7. The number of aldehydes is 1. The first-order valence-corrected chi connectivity index (χ1v) is 3.69. The van der Waals surface area contributed by atoms with E-state index in [2.05, 4.69) is 0 Å². The Bertz CT molecular complexity index is 193. The molecule has 0 aromatic heterocycles. The number of hydrogen-bond acceptors (Lipinski definition) is 8. The van der Waals surface area contributed by atoms with E-state index in [1.54, 1.807) is 0 Å². The molecule has 14 heavy (non-hydrogen) atoms. The van der Waals surface area contributed by atoms with Gasteiger partial charge in [0.05, 0.1) is 0 Å². The molecule has 8 nitrogen and oxygen atoms in total. The van der Waals surface area contributed by atoms with Crippen LogP contribution in [0.3, 0.4) is 0 Å². The Kier molecular flexibility index (Phi) is 4.55. The quantitative estimate of drug-likeness (QED) is 0.175. The van der Waals surface area contributed by atoms with Crippen molar-refractivity contribution in [3.63, 3.8) is 0 Å². The molecule has 0 aliphatic heterocycles. The molecule has 0 radical (unpaired) electrons. The van der Waals surface area contributed by atoms with Gasteiger partial charge < -0.3 is 30.3 Å². The number of rotatable bonds is 5. The molecule has 0 rings (SSSR count). The number of carbonyl (C=O) groups excluding carboxylic acids is 1. The monoisotopic (exact) mass is 210 g/mol. The van der Waals surface area contributed by atoms with E-state index in [1.165, 1.54) is 0 Å². The minimum absolute atomic E-state index is 0.0489. The maximum Gasteiger partial charge on any atom is 0.196 e. The smallest absolute Gasteiger partial charge is 0.196 e. The highest BCUT2D eigenvalue weighted by Crippen LogP contribution is 2.08. The number of carbonyl (C=O) groups is 1. The third-order valence-corrected chi connectivity index (χ3v) is 1.64. The van der Waals surface area contributed by atoms with Crippen molar-refractivity contribution in [2.45, 2.75) is 30.3 Å². The standard InChI is InChI=1S/C6H14N2O6/c7-6(8,14)5(13)4(12)3(11)2(10)1-9/h1-5,10-14H,7-8H2/t2-,3+,4+,5-/m0/s1. The van der Waals surface area contributed by atoms with Gasteiger partial charge in [0.25, 0.3) is 0 Å². The van der Waals surface area contributed by atoms with Gasteiger partial charge in [-0.05, 0) is 0 Å². The van der Waals surface area contributed by atoms with Gasteiger partial charge in [-0.3, -0.25) is 11.5 Å². The molecule has 0 aliphatic rings. The average molecular weight is 210 g/mol. The average Bonchev–Trinajstić information content (AvgIpc) is 2.11. The number of aliphatic hydroxyl groups excluding tert-OH is 4. The Morgan fingerprint density at radius 2 is 1.50 bits per heavy atom. The minimum Gasteiger partial charge on any atom is -0.387 e. The minimum atomic E-state index is -2.64. The summed E-state index contributed by atoms with van der Waals surface area (Å²) in [4.78, 5) is 10.00. The lowest BCUT2D eigenvalue weighted by Gasteiger charge is -2.31. The lowest BCUT2D eigenvalue weighted by atomic mass is 10.0. The Morgan fingerprint density at radius 1 is 1.07 bits per heavy atom. The largest absolute Gasteiger partial charge is 0.387 e. The lowest BCUT2D eigenvalue weighted by Crippen LogP contribution is -2.65. The summed E-state index contributed by atoms with van der Waals surface area (Å²) in [5, 5.41) is 44.7. The van der Waals surface area contributed by atoms with Crippen LogP contribution in [0.25, 0.3) is 0 Å². The van der Waals surface area contributed by atoms with Gasteiger partial charge in [0, 0.05) is 0 Å². The van der Waals surface area contributed by atoms with Crippen LogP contribution in [0.4, 0.5) is 0 Å². The van der Waals surface area contributed by atoms with E-state index in [0.717, 1.165) is 0 Å². The van der Waals surface area contributed by atoms with Crippen LogP contribution >= 0.6 is 0 Å². The summed E-state index contributed by atoms with van der Waals surface area (Å²) in [7, 11) is 0. The van der Waals surface area contributed by atoms with Crippen LogP contribution in [-0.2, 0) is 4.79 Å². The molecule has 0 saturated heterocycles. The van der Waals surface area contributed by atoms with E-state index in [-0.39, 0.29) is 6.29 Å².